The Morgan fingerprint density at radius 2 is 2.16 bits per heavy atom. The fourth-order valence-electron chi connectivity index (χ4n) is 2.02. The smallest absolute Gasteiger partial charge is 0.290 e. The molecule has 5 heteroatoms. The monoisotopic (exact) mass is 265 g/mol. The number of aromatic nitrogens is 1. The first-order valence-corrected chi connectivity index (χ1v) is 6.92. The van der Waals surface area contributed by atoms with Crippen LogP contribution in [-0.2, 0) is 0 Å². The molecule has 0 aromatic carbocycles. The van der Waals surface area contributed by atoms with Gasteiger partial charge in [-0.1, -0.05) is 32.6 Å². The predicted octanol–water partition coefficient (Wildman–Crippen LogP) is 4.07. The van der Waals surface area contributed by atoms with Crippen molar-refractivity contribution in [2.45, 2.75) is 58.9 Å². The van der Waals surface area contributed by atoms with Crippen molar-refractivity contribution in [1.82, 2.24) is 4.98 Å². The summed E-state index contributed by atoms with van der Waals surface area (Å²) >= 11 is 0. The lowest BCUT2D eigenvalue weighted by Crippen LogP contribution is -2.16. The normalized spacial score (nSPS) is 12.2. The van der Waals surface area contributed by atoms with Crippen LogP contribution in [0.2, 0.25) is 0 Å². The third-order valence-corrected chi connectivity index (χ3v) is 3.16. The second-order valence-corrected chi connectivity index (χ2v) is 5.01. The van der Waals surface area contributed by atoms with Crippen LogP contribution in [0.5, 0.6) is 0 Å². The molecule has 0 fully saturated rings. The summed E-state index contributed by atoms with van der Waals surface area (Å²) in [7, 11) is 0. The standard InChI is InChI=1S/C14H23N3O2/c1-4-5-6-7-8-12(3)16-14-9-11(2)13(10-15-14)17(18)19/h9-10,12H,4-8H2,1-3H3,(H,15,16). The van der Waals surface area contributed by atoms with E-state index >= 15 is 0 Å². The molecule has 19 heavy (non-hydrogen) atoms. The van der Waals surface area contributed by atoms with E-state index in [1.807, 2.05) is 0 Å². The van der Waals surface area contributed by atoms with Gasteiger partial charge in [-0.2, -0.15) is 0 Å². The third-order valence-electron chi connectivity index (χ3n) is 3.16. The number of anilines is 1. The molecule has 0 bridgehead atoms. The first-order valence-electron chi connectivity index (χ1n) is 6.92. The van der Waals surface area contributed by atoms with Gasteiger partial charge in [0.05, 0.1) is 4.92 Å². The average Bonchev–Trinajstić information content (AvgIpc) is 2.34. The lowest BCUT2D eigenvalue weighted by Gasteiger charge is -2.14. The number of nitrogens with zero attached hydrogens (tertiary/aromatic N) is 2. The number of hydrogen-bond acceptors (Lipinski definition) is 4. The molecule has 1 rings (SSSR count). The number of rotatable bonds is 8. The van der Waals surface area contributed by atoms with Crippen LogP contribution < -0.4 is 5.32 Å². The van der Waals surface area contributed by atoms with Gasteiger partial charge in [-0.25, -0.2) is 4.98 Å². The molecule has 0 aliphatic rings. The molecule has 0 radical (unpaired) electrons. The van der Waals surface area contributed by atoms with Crippen LogP contribution in [-0.4, -0.2) is 15.9 Å². The van der Waals surface area contributed by atoms with E-state index < -0.39 is 4.92 Å². The van der Waals surface area contributed by atoms with Gasteiger partial charge in [0.15, 0.2) is 0 Å². The molecule has 0 amide bonds. The van der Waals surface area contributed by atoms with Crippen LogP contribution in [0.3, 0.4) is 0 Å². The first kappa shape index (κ1) is 15.4. The summed E-state index contributed by atoms with van der Waals surface area (Å²) in [4.78, 5) is 14.4. The van der Waals surface area contributed by atoms with Gasteiger partial charge in [0, 0.05) is 11.6 Å². The van der Waals surface area contributed by atoms with Crippen molar-refractivity contribution in [3.63, 3.8) is 0 Å². The van der Waals surface area contributed by atoms with Crippen molar-refractivity contribution in [3.8, 4) is 0 Å². The quantitative estimate of drug-likeness (QED) is 0.437. The van der Waals surface area contributed by atoms with Crippen LogP contribution in [0.25, 0.3) is 0 Å². The third kappa shape index (κ3) is 5.24. The van der Waals surface area contributed by atoms with Gasteiger partial charge in [-0.15, -0.1) is 0 Å². The molecule has 1 atom stereocenters. The van der Waals surface area contributed by atoms with Gasteiger partial charge in [0.2, 0.25) is 0 Å². The lowest BCUT2D eigenvalue weighted by atomic mass is 10.1. The molecule has 1 aromatic rings. The molecule has 0 aliphatic heterocycles. The minimum Gasteiger partial charge on any atom is -0.368 e. The van der Waals surface area contributed by atoms with Crippen molar-refractivity contribution in [3.05, 3.63) is 27.9 Å². The Bertz CT molecular complexity index is 421. The summed E-state index contributed by atoms with van der Waals surface area (Å²) < 4.78 is 0. The fourth-order valence-corrected chi connectivity index (χ4v) is 2.02. The predicted molar refractivity (Wildman–Crippen MR) is 77.5 cm³/mol. The largest absolute Gasteiger partial charge is 0.368 e. The molecule has 0 saturated heterocycles. The van der Waals surface area contributed by atoms with Crippen LogP contribution in [0.1, 0.15) is 51.5 Å². The lowest BCUT2D eigenvalue weighted by molar-refractivity contribution is -0.385. The Hall–Kier alpha value is -1.65. The SMILES string of the molecule is CCCCCCC(C)Nc1cc(C)c([N+](=O)[O-])cn1. The number of nitrogens with one attached hydrogen (secondary N) is 1. The van der Waals surface area contributed by atoms with Gasteiger partial charge in [-0.3, -0.25) is 10.1 Å². The van der Waals surface area contributed by atoms with Crippen molar-refractivity contribution >= 4 is 11.5 Å². The van der Waals surface area contributed by atoms with Crippen molar-refractivity contribution in [1.29, 1.82) is 0 Å². The minimum absolute atomic E-state index is 0.0705. The van der Waals surface area contributed by atoms with E-state index in [0.29, 0.717) is 17.4 Å². The highest BCUT2D eigenvalue weighted by atomic mass is 16.6. The number of unbranched alkanes of at least 4 members (excludes halogenated alkanes) is 3. The molecule has 106 valence electrons. The molecule has 1 unspecified atom stereocenters. The second kappa shape index (κ2) is 7.71. The molecule has 0 spiro atoms. The van der Waals surface area contributed by atoms with Gasteiger partial charge < -0.3 is 5.32 Å². The number of aryl methyl sites for hydroxylation is 1. The maximum absolute atomic E-state index is 10.7. The van der Waals surface area contributed by atoms with E-state index in [2.05, 4.69) is 24.1 Å². The molecular weight excluding hydrogens is 242 g/mol. The van der Waals surface area contributed by atoms with E-state index in [0.717, 1.165) is 6.42 Å². The van der Waals surface area contributed by atoms with E-state index in [1.54, 1.807) is 13.0 Å². The highest BCUT2D eigenvalue weighted by molar-refractivity contribution is 5.47. The average molecular weight is 265 g/mol. The van der Waals surface area contributed by atoms with Crippen LogP contribution in [0, 0.1) is 17.0 Å². The van der Waals surface area contributed by atoms with E-state index in [4.69, 9.17) is 0 Å². The molecule has 0 aliphatic carbocycles. The summed E-state index contributed by atoms with van der Waals surface area (Å²) in [6, 6.07) is 2.07. The first-order chi connectivity index (χ1) is 9.04. The molecule has 1 N–H and O–H groups in total. The maximum atomic E-state index is 10.7. The van der Waals surface area contributed by atoms with Gasteiger partial charge in [-0.05, 0) is 26.3 Å². The van der Waals surface area contributed by atoms with Crippen molar-refractivity contribution < 1.29 is 4.92 Å². The summed E-state index contributed by atoms with van der Waals surface area (Å²) in [5, 5.41) is 14.0. The topological polar surface area (TPSA) is 68.1 Å². The van der Waals surface area contributed by atoms with E-state index in [1.165, 1.54) is 31.9 Å². The van der Waals surface area contributed by atoms with Gasteiger partial charge in [0.25, 0.3) is 5.69 Å². The van der Waals surface area contributed by atoms with Crippen LogP contribution in [0.15, 0.2) is 12.3 Å². The zero-order valence-electron chi connectivity index (χ0n) is 12.0. The molecular formula is C14H23N3O2. The molecule has 1 heterocycles. The fraction of sp³-hybridized carbons (Fsp3) is 0.643. The second-order valence-electron chi connectivity index (χ2n) is 5.01. The number of pyridine rings is 1. The zero-order chi connectivity index (χ0) is 14.3. The Kier molecular flexibility index (Phi) is 6.25. The van der Waals surface area contributed by atoms with Crippen molar-refractivity contribution in [2.24, 2.45) is 0 Å². The number of hydrogen-bond donors (Lipinski definition) is 1. The van der Waals surface area contributed by atoms with Crippen LogP contribution >= 0.6 is 0 Å². The van der Waals surface area contributed by atoms with Crippen LogP contribution in [0.4, 0.5) is 11.5 Å². The Balaban J connectivity index is 2.48. The van der Waals surface area contributed by atoms with Crippen molar-refractivity contribution in [2.75, 3.05) is 5.32 Å². The molecule has 1 aromatic heterocycles. The van der Waals surface area contributed by atoms with E-state index in [-0.39, 0.29) is 5.69 Å². The summed E-state index contributed by atoms with van der Waals surface area (Å²) in [5.74, 6) is 0.714. The van der Waals surface area contributed by atoms with Gasteiger partial charge >= 0.3 is 0 Å². The summed E-state index contributed by atoms with van der Waals surface area (Å²) in [6.45, 7) is 6.05. The van der Waals surface area contributed by atoms with Gasteiger partial charge in [0.1, 0.15) is 12.0 Å². The highest BCUT2D eigenvalue weighted by Gasteiger charge is 2.12. The minimum atomic E-state index is -0.402. The summed E-state index contributed by atoms with van der Waals surface area (Å²) in [6.07, 6.45) is 7.40. The molecule has 5 nitrogen and oxygen atoms in total. The molecule has 0 saturated carbocycles. The summed E-state index contributed by atoms with van der Waals surface area (Å²) in [5.41, 5.74) is 0.710. The number of nitro groups is 1. The highest BCUT2D eigenvalue weighted by Crippen LogP contribution is 2.19. The Morgan fingerprint density at radius 1 is 1.42 bits per heavy atom. The Labute approximate surface area is 114 Å². The zero-order valence-corrected chi connectivity index (χ0v) is 12.0. The maximum Gasteiger partial charge on any atom is 0.290 e. The Morgan fingerprint density at radius 3 is 2.74 bits per heavy atom. The van der Waals surface area contributed by atoms with E-state index in [9.17, 15) is 10.1 Å².